The lowest BCUT2D eigenvalue weighted by Crippen LogP contribution is -2.37. The molecule has 0 radical (unpaired) electrons. The predicted octanol–water partition coefficient (Wildman–Crippen LogP) is 4.73. The highest BCUT2D eigenvalue weighted by Crippen LogP contribution is 2.38. The molecular formula is C16H21BrN2. The van der Waals surface area contributed by atoms with Crippen molar-refractivity contribution in [2.45, 2.75) is 45.6 Å². The Hall–Kier alpha value is -1.01. The van der Waals surface area contributed by atoms with Crippen LogP contribution in [0.2, 0.25) is 0 Å². The van der Waals surface area contributed by atoms with Crippen LogP contribution in [-0.2, 0) is 0 Å². The monoisotopic (exact) mass is 320 g/mol. The lowest BCUT2D eigenvalue weighted by atomic mass is 9.75. The molecule has 0 N–H and O–H groups in total. The Kier molecular flexibility index (Phi) is 4.20. The van der Waals surface area contributed by atoms with Crippen LogP contribution >= 0.6 is 15.9 Å². The van der Waals surface area contributed by atoms with E-state index in [2.05, 4.69) is 47.8 Å². The summed E-state index contributed by atoms with van der Waals surface area (Å²) in [5.74, 6) is 0. The van der Waals surface area contributed by atoms with Crippen LogP contribution in [0.1, 0.15) is 45.1 Å². The molecule has 1 saturated carbocycles. The van der Waals surface area contributed by atoms with E-state index in [-0.39, 0.29) is 0 Å². The Morgan fingerprint density at radius 2 is 1.95 bits per heavy atom. The zero-order valence-electron chi connectivity index (χ0n) is 11.9. The van der Waals surface area contributed by atoms with Crippen molar-refractivity contribution in [1.82, 2.24) is 0 Å². The van der Waals surface area contributed by atoms with E-state index in [1.54, 1.807) is 0 Å². The van der Waals surface area contributed by atoms with Gasteiger partial charge in [0.25, 0.3) is 0 Å². The van der Waals surface area contributed by atoms with E-state index < -0.39 is 0 Å². The first-order valence-electron chi connectivity index (χ1n) is 6.86. The van der Waals surface area contributed by atoms with Gasteiger partial charge in [-0.05, 0) is 59.2 Å². The predicted molar refractivity (Wildman–Crippen MR) is 83.3 cm³/mol. The molecule has 1 fully saturated rings. The summed E-state index contributed by atoms with van der Waals surface area (Å²) in [4.78, 5) is 2.29. The van der Waals surface area contributed by atoms with Crippen molar-refractivity contribution in [3.63, 3.8) is 0 Å². The van der Waals surface area contributed by atoms with Crippen LogP contribution in [0.4, 0.5) is 5.69 Å². The van der Waals surface area contributed by atoms with Gasteiger partial charge in [0.2, 0.25) is 0 Å². The van der Waals surface area contributed by atoms with Gasteiger partial charge in [0.15, 0.2) is 0 Å². The van der Waals surface area contributed by atoms with E-state index in [1.807, 2.05) is 18.2 Å². The summed E-state index contributed by atoms with van der Waals surface area (Å²) in [6.07, 6.45) is 4.94. The Bertz CT molecular complexity index is 492. The van der Waals surface area contributed by atoms with E-state index in [1.165, 1.54) is 25.7 Å². The minimum atomic E-state index is 0.479. The number of nitriles is 1. The summed E-state index contributed by atoms with van der Waals surface area (Å²) in [7, 11) is 2.12. The van der Waals surface area contributed by atoms with Gasteiger partial charge in [0.1, 0.15) is 6.07 Å². The molecule has 19 heavy (non-hydrogen) atoms. The average Bonchev–Trinajstić information content (AvgIpc) is 2.37. The molecule has 102 valence electrons. The Labute approximate surface area is 124 Å². The van der Waals surface area contributed by atoms with E-state index in [0.29, 0.717) is 11.5 Å². The van der Waals surface area contributed by atoms with Gasteiger partial charge in [0, 0.05) is 17.6 Å². The van der Waals surface area contributed by atoms with Crippen LogP contribution in [0.5, 0.6) is 0 Å². The van der Waals surface area contributed by atoms with Crippen molar-refractivity contribution in [2.75, 3.05) is 11.9 Å². The van der Waals surface area contributed by atoms with Crippen LogP contribution in [0, 0.1) is 16.7 Å². The number of rotatable bonds is 2. The molecule has 0 amide bonds. The normalized spacial score (nSPS) is 18.9. The summed E-state index contributed by atoms with van der Waals surface area (Å²) in [5, 5.41) is 9.32. The molecule has 0 saturated heterocycles. The van der Waals surface area contributed by atoms with Crippen LogP contribution in [0.15, 0.2) is 22.7 Å². The minimum absolute atomic E-state index is 0.479. The first-order valence-corrected chi connectivity index (χ1v) is 7.65. The third kappa shape index (κ3) is 3.12. The molecule has 0 spiro atoms. The molecule has 0 aliphatic heterocycles. The first kappa shape index (κ1) is 14.4. The third-order valence-corrected chi connectivity index (χ3v) is 5.00. The first-order chi connectivity index (χ1) is 8.94. The molecule has 0 atom stereocenters. The zero-order valence-corrected chi connectivity index (χ0v) is 13.5. The molecule has 3 heteroatoms. The van der Waals surface area contributed by atoms with Crippen molar-refractivity contribution >= 4 is 21.6 Å². The van der Waals surface area contributed by atoms with Gasteiger partial charge >= 0.3 is 0 Å². The van der Waals surface area contributed by atoms with Gasteiger partial charge in [-0.25, -0.2) is 0 Å². The van der Waals surface area contributed by atoms with Gasteiger partial charge in [-0.15, -0.1) is 0 Å². The minimum Gasteiger partial charge on any atom is -0.371 e. The largest absolute Gasteiger partial charge is 0.371 e. The molecule has 1 aromatic rings. The summed E-state index contributed by atoms with van der Waals surface area (Å²) < 4.78 is 0.885. The highest BCUT2D eigenvalue weighted by atomic mass is 79.9. The maximum Gasteiger partial charge on any atom is 0.103 e. The quantitative estimate of drug-likeness (QED) is 0.787. The molecule has 1 aliphatic carbocycles. The van der Waals surface area contributed by atoms with E-state index in [9.17, 15) is 5.26 Å². The number of anilines is 1. The van der Waals surface area contributed by atoms with Gasteiger partial charge < -0.3 is 4.90 Å². The zero-order chi connectivity index (χ0) is 14.0. The molecule has 0 unspecified atom stereocenters. The molecule has 2 nitrogen and oxygen atoms in total. The SMILES string of the molecule is CN(c1cccc(Br)c1C#N)C1CCC(C)(C)CC1. The second-order valence-corrected chi connectivity index (χ2v) is 7.11. The van der Waals surface area contributed by atoms with E-state index >= 15 is 0 Å². The number of benzene rings is 1. The third-order valence-electron chi connectivity index (χ3n) is 4.34. The standard InChI is InChI=1S/C16H21BrN2/c1-16(2)9-7-12(8-10-16)19(3)15-6-4-5-14(17)13(15)11-18/h4-6,12H,7-10H2,1-3H3. The number of hydrogen-bond acceptors (Lipinski definition) is 2. The van der Waals surface area contributed by atoms with Crippen molar-refractivity contribution in [2.24, 2.45) is 5.41 Å². The molecular weight excluding hydrogens is 300 g/mol. The van der Waals surface area contributed by atoms with Crippen LogP contribution in [0.3, 0.4) is 0 Å². The lowest BCUT2D eigenvalue weighted by molar-refractivity contribution is 0.222. The molecule has 1 aromatic carbocycles. The smallest absolute Gasteiger partial charge is 0.103 e. The molecule has 0 aromatic heterocycles. The summed E-state index contributed by atoms with van der Waals surface area (Å²) in [5.41, 5.74) is 2.27. The van der Waals surface area contributed by atoms with Crippen LogP contribution < -0.4 is 4.90 Å². The van der Waals surface area contributed by atoms with E-state index in [4.69, 9.17) is 0 Å². The number of halogens is 1. The van der Waals surface area contributed by atoms with Crippen molar-refractivity contribution in [1.29, 1.82) is 5.26 Å². The van der Waals surface area contributed by atoms with Gasteiger partial charge in [-0.2, -0.15) is 5.26 Å². The second-order valence-electron chi connectivity index (χ2n) is 6.25. The van der Waals surface area contributed by atoms with E-state index in [0.717, 1.165) is 15.7 Å². The summed E-state index contributed by atoms with van der Waals surface area (Å²) in [6, 6.07) is 8.84. The summed E-state index contributed by atoms with van der Waals surface area (Å²) >= 11 is 3.47. The fraction of sp³-hybridized carbons (Fsp3) is 0.562. The maximum atomic E-state index is 9.32. The van der Waals surface area contributed by atoms with Gasteiger partial charge in [-0.1, -0.05) is 19.9 Å². The summed E-state index contributed by atoms with van der Waals surface area (Å²) in [6.45, 7) is 4.70. The lowest BCUT2D eigenvalue weighted by Gasteiger charge is -2.39. The fourth-order valence-corrected chi connectivity index (χ4v) is 3.33. The Morgan fingerprint density at radius 3 is 2.53 bits per heavy atom. The topological polar surface area (TPSA) is 27.0 Å². The molecule has 1 aliphatic rings. The van der Waals surface area contributed by atoms with Crippen molar-refractivity contribution in [3.8, 4) is 6.07 Å². The van der Waals surface area contributed by atoms with Crippen molar-refractivity contribution in [3.05, 3.63) is 28.2 Å². The molecule has 0 bridgehead atoms. The molecule has 2 rings (SSSR count). The molecule has 0 heterocycles. The number of hydrogen-bond donors (Lipinski definition) is 0. The van der Waals surface area contributed by atoms with Gasteiger partial charge in [0.05, 0.1) is 11.3 Å². The maximum absolute atomic E-state index is 9.32. The van der Waals surface area contributed by atoms with Gasteiger partial charge in [-0.3, -0.25) is 0 Å². The van der Waals surface area contributed by atoms with Crippen LogP contribution in [0.25, 0.3) is 0 Å². The Morgan fingerprint density at radius 1 is 1.32 bits per heavy atom. The highest BCUT2D eigenvalue weighted by Gasteiger charge is 2.29. The van der Waals surface area contributed by atoms with Crippen LogP contribution in [-0.4, -0.2) is 13.1 Å². The number of nitrogens with zero attached hydrogens (tertiary/aromatic N) is 2. The highest BCUT2D eigenvalue weighted by molar-refractivity contribution is 9.10. The van der Waals surface area contributed by atoms with Crippen molar-refractivity contribution < 1.29 is 0 Å². The average molecular weight is 321 g/mol. The Balaban J connectivity index is 2.19. The second kappa shape index (κ2) is 5.54. The fourth-order valence-electron chi connectivity index (χ4n) is 2.89.